The van der Waals surface area contributed by atoms with E-state index in [2.05, 4.69) is 15.2 Å². The Bertz CT molecular complexity index is 820. The Kier molecular flexibility index (Phi) is 4.48. The minimum atomic E-state index is -0.0903. The number of carbonyl (C=O) groups excluding carboxylic acids is 1. The highest BCUT2D eigenvalue weighted by atomic mass is 16.2. The largest absolute Gasteiger partial charge is 0.341 e. The summed E-state index contributed by atoms with van der Waals surface area (Å²) in [5, 5.41) is 8.89. The molecule has 1 amide bonds. The minimum Gasteiger partial charge on any atom is -0.341 e. The van der Waals surface area contributed by atoms with Crippen LogP contribution in [0.1, 0.15) is 31.7 Å². The molecule has 2 aliphatic heterocycles. The van der Waals surface area contributed by atoms with Gasteiger partial charge in [0.25, 0.3) is 5.56 Å². The first-order chi connectivity index (χ1) is 12.2. The molecule has 2 aliphatic rings. The number of hydrogen-bond acceptors (Lipinski definition) is 5. The molecule has 0 N–H and O–H groups in total. The first kappa shape index (κ1) is 16.2. The van der Waals surface area contributed by atoms with E-state index in [4.69, 9.17) is 0 Å². The molecule has 0 spiro atoms. The van der Waals surface area contributed by atoms with Gasteiger partial charge in [-0.3, -0.25) is 14.5 Å². The summed E-state index contributed by atoms with van der Waals surface area (Å²) in [6.45, 7) is 3.95. The van der Waals surface area contributed by atoms with E-state index < -0.39 is 0 Å². The van der Waals surface area contributed by atoms with Gasteiger partial charge >= 0.3 is 0 Å². The molecule has 0 unspecified atom stereocenters. The van der Waals surface area contributed by atoms with E-state index >= 15 is 0 Å². The van der Waals surface area contributed by atoms with E-state index in [1.54, 1.807) is 12.1 Å². The number of amides is 1. The van der Waals surface area contributed by atoms with Crippen LogP contribution in [0.3, 0.4) is 0 Å². The average molecular weight is 341 g/mol. The van der Waals surface area contributed by atoms with Crippen LogP contribution in [0.4, 0.5) is 0 Å². The predicted molar refractivity (Wildman–Crippen MR) is 94.3 cm³/mol. The SMILES string of the molecule is O=C(CN1CCCC1)N1CCC(n2nnc3ccccc3c2=O)CC1. The summed E-state index contributed by atoms with van der Waals surface area (Å²) in [6, 6.07) is 7.30. The summed E-state index contributed by atoms with van der Waals surface area (Å²) in [6.07, 6.45) is 3.88. The molecule has 2 saturated heterocycles. The van der Waals surface area contributed by atoms with E-state index in [1.807, 2.05) is 17.0 Å². The van der Waals surface area contributed by atoms with Crippen LogP contribution in [0.15, 0.2) is 29.1 Å². The lowest BCUT2D eigenvalue weighted by Crippen LogP contribution is -2.45. The van der Waals surface area contributed by atoms with Crippen molar-refractivity contribution in [2.75, 3.05) is 32.7 Å². The number of likely N-dealkylation sites (tertiary alicyclic amines) is 2. The van der Waals surface area contributed by atoms with Gasteiger partial charge in [-0.25, -0.2) is 4.68 Å². The summed E-state index contributed by atoms with van der Waals surface area (Å²) in [4.78, 5) is 29.2. The standard InChI is InChI=1S/C18H23N5O2/c24-17(13-21-9-3-4-10-21)22-11-7-14(8-12-22)23-18(25)15-5-1-2-6-16(15)19-20-23/h1-2,5-6,14H,3-4,7-13H2. The summed E-state index contributed by atoms with van der Waals surface area (Å²) < 4.78 is 1.50. The van der Waals surface area contributed by atoms with Gasteiger partial charge in [0.1, 0.15) is 5.52 Å². The molecular weight excluding hydrogens is 318 g/mol. The fourth-order valence-corrected chi connectivity index (χ4v) is 3.83. The average Bonchev–Trinajstić information content (AvgIpc) is 3.15. The van der Waals surface area contributed by atoms with Crippen molar-refractivity contribution < 1.29 is 4.79 Å². The third kappa shape index (κ3) is 3.28. The van der Waals surface area contributed by atoms with Gasteiger partial charge in [-0.2, -0.15) is 0 Å². The fourth-order valence-electron chi connectivity index (χ4n) is 3.83. The third-order valence-corrected chi connectivity index (χ3v) is 5.31. The van der Waals surface area contributed by atoms with Gasteiger partial charge in [-0.1, -0.05) is 17.3 Å². The van der Waals surface area contributed by atoms with Gasteiger partial charge in [0.15, 0.2) is 0 Å². The van der Waals surface area contributed by atoms with Crippen molar-refractivity contribution in [3.8, 4) is 0 Å². The smallest absolute Gasteiger partial charge is 0.277 e. The lowest BCUT2D eigenvalue weighted by molar-refractivity contribution is -0.133. The Morgan fingerprint density at radius 3 is 2.56 bits per heavy atom. The van der Waals surface area contributed by atoms with Crippen molar-refractivity contribution in [1.82, 2.24) is 24.8 Å². The summed E-state index contributed by atoms with van der Waals surface area (Å²) >= 11 is 0. The first-order valence-electron chi connectivity index (χ1n) is 9.07. The number of nitrogens with zero attached hydrogens (tertiary/aromatic N) is 5. The summed E-state index contributed by atoms with van der Waals surface area (Å²) in [5.41, 5.74) is 0.537. The zero-order valence-corrected chi connectivity index (χ0v) is 14.3. The van der Waals surface area contributed by atoms with Gasteiger partial charge < -0.3 is 4.90 Å². The molecule has 132 valence electrons. The highest BCUT2D eigenvalue weighted by Gasteiger charge is 2.27. The molecule has 3 heterocycles. The fraction of sp³-hybridized carbons (Fsp3) is 0.556. The second kappa shape index (κ2) is 6.92. The molecule has 0 atom stereocenters. The summed E-state index contributed by atoms with van der Waals surface area (Å²) in [5.74, 6) is 0.206. The number of fused-ring (bicyclic) bond motifs is 1. The van der Waals surface area contributed by atoms with Crippen LogP contribution in [-0.4, -0.2) is 63.4 Å². The van der Waals surface area contributed by atoms with E-state index in [0.29, 0.717) is 30.5 Å². The van der Waals surface area contributed by atoms with Crippen LogP contribution in [0.25, 0.3) is 10.9 Å². The molecule has 7 heteroatoms. The Labute approximate surface area is 146 Å². The maximum absolute atomic E-state index is 12.6. The lowest BCUT2D eigenvalue weighted by Gasteiger charge is -2.33. The van der Waals surface area contributed by atoms with Crippen LogP contribution >= 0.6 is 0 Å². The van der Waals surface area contributed by atoms with Crippen LogP contribution in [0.2, 0.25) is 0 Å². The number of hydrogen-bond donors (Lipinski definition) is 0. The zero-order valence-electron chi connectivity index (χ0n) is 14.3. The van der Waals surface area contributed by atoms with Crippen LogP contribution in [0.5, 0.6) is 0 Å². The van der Waals surface area contributed by atoms with Gasteiger partial charge in [0, 0.05) is 13.1 Å². The lowest BCUT2D eigenvalue weighted by atomic mass is 10.0. The van der Waals surface area contributed by atoms with Crippen molar-refractivity contribution in [1.29, 1.82) is 0 Å². The molecule has 25 heavy (non-hydrogen) atoms. The van der Waals surface area contributed by atoms with E-state index in [9.17, 15) is 9.59 Å². The molecule has 2 fully saturated rings. The number of benzene rings is 1. The molecule has 0 bridgehead atoms. The summed E-state index contributed by atoms with van der Waals surface area (Å²) in [7, 11) is 0. The highest BCUT2D eigenvalue weighted by molar-refractivity contribution is 5.78. The monoisotopic (exact) mass is 341 g/mol. The molecule has 2 aromatic rings. The molecule has 1 aromatic heterocycles. The van der Waals surface area contributed by atoms with Crippen molar-refractivity contribution in [2.45, 2.75) is 31.7 Å². The minimum absolute atomic E-state index is 0.0143. The topological polar surface area (TPSA) is 71.3 Å². The second-order valence-corrected chi connectivity index (χ2v) is 6.95. The van der Waals surface area contributed by atoms with Crippen molar-refractivity contribution >= 4 is 16.8 Å². The van der Waals surface area contributed by atoms with Gasteiger partial charge in [-0.05, 0) is 50.9 Å². The van der Waals surface area contributed by atoms with Crippen LogP contribution < -0.4 is 5.56 Å². The highest BCUT2D eigenvalue weighted by Crippen LogP contribution is 2.21. The maximum atomic E-state index is 12.6. The van der Waals surface area contributed by atoms with Crippen molar-refractivity contribution in [3.63, 3.8) is 0 Å². The number of carbonyl (C=O) groups is 1. The Morgan fingerprint density at radius 2 is 1.80 bits per heavy atom. The molecule has 7 nitrogen and oxygen atoms in total. The van der Waals surface area contributed by atoms with Gasteiger partial charge in [0.05, 0.1) is 18.0 Å². The molecular formula is C18H23N5O2. The molecule has 0 aliphatic carbocycles. The Balaban J connectivity index is 1.42. The quantitative estimate of drug-likeness (QED) is 0.834. The van der Waals surface area contributed by atoms with E-state index in [0.717, 1.165) is 25.9 Å². The third-order valence-electron chi connectivity index (χ3n) is 5.31. The molecule has 1 aromatic carbocycles. The normalized spacial score (nSPS) is 19.6. The first-order valence-corrected chi connectivity index (χ1v) is 9.07. The zero-order chi connectivity index (χ0) is 17.2. The van der Waals surface area contributed by atoms with E-state index in [1.165, 1.54) is 17.5 Å². The second-order valence-electron chi connectivity index (χ2n) is 6.95. The predicted octanol–water partition coefficient (Wildman–Crippen LogP) is 1.05. The van der Waals surface area contributed by atoms with Crippen molar-refractivity contribution in [2.24, 2.45) is 0 Å². The molecule has 0 saturated carbocycles. The molecule has 4 rings (SSSR count). The van der Waals surface area contributed by atoms with E-state index in [-0.39, 0.29) is 17.5 Å². The van der Waals surface area contributed by atoms with Crippen molar-refractivity contribution in [3.05, 3.63) is 34.6 Å². The number of piperidine rings is 1. The number of aromatic nitrogens is 3. The maximum Gasteiger partial charge on any atom is 0.277 e. The Morgan fingerprint density at radius 1 is 1.08 bits per heavy atom. The van der Waals surface area contributed by atoms with Crippen LogP contribution in [0, 0.1) is 0 Å². The molecule has 0 radical (unpaired) electrons. The van der Waals surface area contributed by atoms with Gasteiger partial charge in [0.2, 0.25) is 5.91 Å². The Hall–Kier alpha value is -2.28. The van der Waals surface area contributed by atoms with Crippen LogP contribution in [-0.2, 0) is 4.79 Å². The number of rotatable bonds is 3. The van der Waals surface area contributed by atoms with Gasteiger partial charge in [-0.15, -0.1) is 5.10 Å².